The van der Waals surface area contributed by atoms with Crippen LogP contribution in [-0.4, -0.2) is 128 Å². The molecular weight excluding hydrogens is 1390 g/mol. The summed E-state index contributed by atoms with van der Waals surface area (Å²) in [5, 5.41) is 20.7. The van der Waals surface area contributed by atoms with Crippen LogP contribution in [0.2, 0.25) is 0 Å². The molecule has 6 rings (SSSR count). The molecule has 1 amide bonds. The smallest absolute Gasteiger partial charge is 0.407 e. The molecule has 0 radical (unpaired) electrons. The van der Waals surface area contributed by atoms with E-state index in [0.717, 1.165) is 108 Å². The molecule has 2 aliphatic heterocycles. The third-order valence-electron chi connectivity index (χ3n) is 10.7. The van der Waals surface area contributed by atoms with Crippen LogP contribution in [0.1, 0.15) is 63.1 Å². The quantitative estimate of drug-likeness (QED) is 0.0554. The van der Waals surface area contributed by atoms with Gasteiger partial charge >= 0.3 is 12.1 Å². The topological polar surface area (TPSA) is 208 Å². The number of alkyl carbamates (subject to hydrolysis) is 1. The molecule has 0 saturated carbocycles. The highest BCUT2D eigenvalue weighted by Crippen LogP contribution is 2.35. The molecule has 2 saturated heterocycles. The number of carboxylic acids is 1. The molecule has 4 aromatic carbocycles. The zero-order valence-corrected chi connectivity index (χ0v) is 50.2. The van der Waals surface area contributed by atoms with Gasteiger partial charge in [0.25, 0.3) is 0 Å². The number of hydrogen-bond donors (Lipinski definition) is 5. The number of nitrogens with two attached hydrogens (primary N) is 2. The average molecular weight is 1450 g/mol. The third-order valence-corrected chi connectivity index (χ3v) is 14.0. The van der Waals surface area contributed by atoms with Crippen molar-refractivity contribution in [3.8, 4) is 28.7 Å². The van der Waals surface area contributed by atoms with Crippen molar-refractivity contribution in [2.45, 2.75) is 83.9 Å². The fourth-order valence-corrected chi connectivity index (χ4v) is 11.3. The van der Waals surface area contributed by atoms with Crippen LogP contribution >= 0.6 is 103 Å². The highest BCUT2D eigenvalue weighted by Gasteiger charge is 2.21. The van der Waals surface area contributed by atoms with Crippen molar-refractivity contribution < 1.29 is 48.3 Å². The number of nitrogens with one attached hydrogen (secondary N) is 1. The Labute approximate surface area is 479 Å². The van der Waals surface area contributed by atoms with E-state index in [9.17, 15) is 19.5 Å². The predicted molar refractivity (Wildman–Crippen MR) is 314 cm³/mol. The van der Waals surface area contributed by atoms with Crippen molar-refractivity contribution in [1.29, 1.82) is 0 Å². The van der Waals surface area contributed by atoms with E-state index in [1.54, 1.807) is 24.3 Å². The fourth-order valence-electron chi connectivity index (χ4n) is 7.03. The van der Waals surface area contributed by atoms with Gasteiger partial charge < -0.3 is 50.7 Å². The highest BCUT2D eigenvalue weighted by molar-refractivity contribution is 14.1. The number of ketones is 1. The molecule has 392 valence electrons. The van der Waals surface area contributed by atoms with Crippen LogP contribution in [0.3, 0.4) is 0 Å². The number of carbonyl (C=O) groups excluding carboxylic acids is 2. The van der Waals surface area contributed by atoms with Gasteiger partial charge in [0.05, 0.1) is 47.1 Å². The Balaban J connectivity index is 0.000000307. The van der Waals surface area contributed by atoms with Gasteiger partial charge in [-0.3, -0.25) is 19.4 Å². The van der Waals surface area contributed by atoms with Crippen LogP contribution in [0, 0.1) is 21.2 Å². The average Bonchev–Trinajstić information content (AvgIpc) is 3.31. The summed E-state index contributed by atoms with van der Waals surface area (Å²) in [4.78, 5) is 38.8. The lowest BCUT2D eigenvalue weighted by molar-refractivity contribution is -0.137. The second kappa shape index (κ2) is 32.9. The minimum atomic E-state index is -0.725. The summed E-state index contributed by atoms with van der Waals surface area (Å²) in [5.41, 5.74) is 15.1. The van der Waals surface area contributed by atoms with Crippen molar-refractivity contribution in [3.63, 3.8) is 0 Å². The van der Waals surface area contributed by atoms with Crippen LogP contribution in [0.5, 0.6) is 28.7 Å². The molecule has 2 aliphatic rings. The largest absolute Gasteiger partial charge is 0.508 e. The molecule has 0 spiro atoms. The van der Waals surface area contributed by atoms with Crippen LogP contribution in [-0.2, 0) is 36.6 Å². The van der Waals surface area contributed by atoms with Gasteiger partial charge in [-0.2, -0.15) is 0 Å². The number of ether oxygens (including phenoxy) is 5. The molecule has 7 N–H and O–H groups in total. The second-order valence-electron chi connectivity index (χ2n) is 17.9. The summed E-state index contributed by atoms with van der Waals surface area (Å²) in [5.74, 6) is 2.87. The number of morpholine rings is 2. The Morgan fingerprint density at radius 1 is 0.718 bits per heavy atom. The van der Waals surface area contributed by atoms with Crippen LogP contribution < -0.4 is 26.3 Å². The summed E-state index contributed by atoms with van der Waals surface area (Å²) in [6, 6.07) is 22.7. The number of carbonyl (C=O) groups is 3. The maximum absolute atomic E-state index is 12.2. The minimum Gasteiger partial charge on any atom is -0.508 e. The number of benzene rings is 4. The molecule has 2 heterocycles. The van der Waals surface area contributed by atoms with Crippen molar-refractivity contribution in [2.24, 2.45) is 11.5 Å². The molecule has 2 atom stereocenters. The molecular formula is C51H68ClI4N5O10. The van der Waals surface area contributed by atoms with E-state index in [1.165, 1.54) is 5.56 Å². The first-order chi connectivity index (χ1) is 33.3. The maximum Gasteiger partial charge on any atom is 0.407 e. The third kappa shape index (κ3) is 25.2. The number of aromatic hydroxyl groups is 1. The van der Waals surface area contributed by atoms with Gasteiger partial charge in [-0.25, -0.2) is 4.79 Å². The standard InChI is InChI=1S/C23H28I2N2O4.C21H26I2N2O3.C7H13NO3.ClH/c24-21-14-16(15-22(25)23(21)31-20-5-3-18(28)4-6-20)13-17(26)1-2-19(29)7-8-27-9-11-30-12-10-27;1-13-5-7-16(8-6-13)27-19-17(22)10-14(11-18(19)23)9-15(12-24)25-20(26)28-21(2,3)4;9-7(10)1-2-8-3-5-11-6-4-8;/h3-6,14-15,17,28H,1-2,7-13,26H2;5-8,10-11,15H,9,12,24H2,1-4H3,(H,25,26);1-6H2,(H,9,10);1H/t17-;15-;;/m10../s1. The first-order valence-corrected chi connectivity index (χ1v) is 27.5. The lowest BCUT2D eigenvalue weighted by atomic mass is 10.0. The van der Waals surface area contributed by atoms with Gasteiger partial charge in [0.1, 0.15) is 28.6 Å². The number of aliphatic carboxylic acids is 1. The number of halogens is 5. The molecule has 2 fully saturated rings. The van der Waals surface area contributed by atoms with Gasteiger partial charge in [0.2, 0.25) is 0 Å². The van der Waals surface area contributed by atoms with Gasteiger partial charge in [0.15, 0.2) is 11.5 Å². The summed E-state index contributed by atoms with van der Waals surface area (Å²) >= 11 is 9.08. The first-order valence-electron chi connectivity index (χ1n) is 23.2. The fraction of sp³-hybridized carbons (Fsp3) is 0.471. The normalized spacial score (nSPS) is 14.8. The van der Waals surface area contributed by atoms with Crippen LogP contribution in [0.15, 0.2) is 72.8 Å². The Bertz CT molecular complexity index is 2220. The van der Waals surface area contributed by atoms with Gasteiger partial charge in [-0.1, -0.05) is 17.7 Å². The highest BCUT2D eigenvalue weighted by atomic mass is 127. The minimum absolute atomic E-state index is 0. The number of Topliss-reactive ketones (excluding diaryl/α,β-unsaturated/α-hetero) is 1. The van der Waals surface area contributed by atoms with E-state index < -0.39 is 17.7 Å². The summed E-state index contributed by atoms with van der Waals surface area (Å²) in [6.45, 7) is 15.9. The summed E-state index contributed by atoms with van der Waals surface area (Å²) in [6.07, 6.45) is 2.94. The van der Waals surface area contributed by atoms with Gasteiger partial charge in [-0.05, 0) is 209 Å². The lowest BCUT2D eigenvalue weighted by Gasteiger charge is -2.26. The Kier molecular flexibility index (Phi) is 29.1. The predicted octanol–water partition coefficient (Wildman–Crippen LogP) is 9.94. The van der Waals surface area contributed by atoms with Gasteiger partial charge in [0, 0.05) is 70.7 Å². The monoisotopic (exact) mass is 1450 g/mol. The van der Waals surface area contributed by atoms with Gasteiger partial charge in [-0.15, -0.1) is 12.4 Å². The van der Waals surface area contributed by atoms with Crippen LogP contribution in [0.4, 0.5) is 4.79 Å². The van der Waals surface area contributed by atoms with E-state index >= 15 is 0 Å². The number of carboxylic acid groups (broad SMARTS) is 1. The van der Waals surface area contributed by atoms with Crippen molar-refractivity contribution in [1.82, 2.24) is 15.1 Å². The van der Waals surface area contributed by atoms with E-state index in [2.05, 4.69) is 130 Å². The van der Waals surface area contributed by atoms with Crippen LogP contribution in [0.25, 0.3) is 0 Å². The zero-order chi connectivity index (χ0) is 51.2. The number of rotatable bonds is 19. The zero-order valence-electron chi connectivity index (χ0n) is 40.7. The van der Waals surface area contributed by atoms with E-state index in [-0.39, 0.29) is 42.4 Å². The van der Waals surface area contributed by atoms with Crippen molar-refractivity contribution >= 4 is 121 Å². The summed E-state index contributed by atoms with van der Waals surface area (Å²) in [7, 11) is 0. The van der Waals surface area contributed by atoms with E-state index in [0.29, 0.717) is 44.5 Å². The Morgan fingerprint density at radius 2 is 1.15 bits per heavy atom. The number of phenols is 1. The number of hydrogen-bond acceptors (Lipinski definition) is 13. The number of phenolic OH excluding ortho intramolecular Hbond substituents is 1. The number of nitrogens with zero attached hydrogens (tertiary/aromatic N) is 2. The number of amides is 1. The maximum atomic E-state index is 12.2. The van der Waals surface area contributed by atoms with E-state index in [4.69, 9.17) is 40.3 Å². The Hall–Kier alpha value is -2.34. The first kappa shape index (κ1) is 63.0. The number of aryl methyl sites for hydroxylation is 1. The van der Waals surface area contributed by atoms with Crippen molar-refractivity contribution in [3.05, 3.63) is 104 Å². The lowest BCUT2D eigenvalue weighted by Crippen LogP contribution is -2.44. The molecule has 20 heteroatoms. The summed E-state index contributed by atoms with van der Waals surface area (Å²) < 4.78 is 31.9. The van der Waals surface area contributed by atoms with Crippen molar-refractivity contribution in [2.75, 3.05) is 72.2 Å². The molecule has 4 aromatic rings. The Morgan fingerprint density at radius 3 is 1.59 bits per heavy atom. The SMILES string of the molecule is Cc1ccc(Oc2c(I)cc(C[C@@H](CN)NC(=O)OC(C)(C)C)cc2I)cc1.Cl.N[C@H](CCC(=O)CCN1CCOCC1)Cc1cc(I)c(Oc2ccc(O)cc2)c(I)c1.O=C(O)CCN1CCOCC1. The second-order valence-corrected chi connectivity index (χ2v) is 22.6. The van der Waals surface area contributed by atoms with E-state index in [1.807, 2.05) is 52.0 Å². The molecule has 0 aromatic heterocycles. The molecule has 0 unspecified atom stereocenters. The molecule has 0 aliphatic carbocycles. The molecule has 15 nitrogen and oxygen atoms in total. The molecule has 71 heavy (non-hydrogen) atoms. The molecule has 0 bridgehead atoms.